The number of pyridine rings is 1. The first-order valence-corrected chi connectivity index (χ1v) is 6.27. The van der Waals surface area contributed by atoms with Crippen molar-refractivity contribution in [2.45, 2.75) is 38.3 Å². The monoisotopic (exact) mass is 232 g/mol. The average Bonchev–Trinajstić information content (AvgIpc) is 3.19. The van der Waals surface area contributed by atoms with Gasteiger partial charge in [-0.1, -0.05) is 13.0 Å². The van der Waals surface area contributed by atoms with E-state index in [0.717, 1.165) is 17.9 Å². The average molecular weight is 232 g/mol. The third-order valence-corrected chi connectivity index (χ3v) is 3.14. The predicted molar refractivity (Wildman–Crippen MR) is 70.1 cm³/mol. The van der Waals surface area contributed by atoms with Crippen molar-refractivity contribution in [3.05, 3.63) is 36.7 Å². The second-order valence-electron chi connectivity index (χ2n) is 4.54. The van der Waals surface area contributed by atoms with Crippen molar-refractivity contribution in [3.63, 3.8) is 0 Å². The maximum Gasteiger partial charge on any atom is 0.0957 e. The predicted octanol–water partition coefficient (Wildman–Crippen LogP) is 2.68. The Bertz CT molecular complexity index is 370. The summed E-state index contributed by atoms with van der Waals surface area (Å²) < 4.78 is 0. The van der Waals surface area contributed by atoms with Crippen LogP contribution in [0.5, 0.6) is 0 Å². The molecule has 0 spiro atoms. The number of hydrogen-bond donors (Lipinski definition) is 1. The number of anilines is 1. The van der Waals surface area contributed by atoms with Gasteiger partial charge >= 0.3 is 0 Å². The largest absolute Gasteiger partial charge is 0.387 e. The fraction of sp³-hybridized carbons (Fsp3) is 0.500. The second-order valence-corrected chi connectivity index (χ2v) is 4.54. The van der Waals surface area contributed by atoms with Gasteiger partial charge in [0.05, 0.1) is 23.7 Å². The van der Waals surface area contributed by atoms with E-state index in [1.165, 1.54) is 12.8 Å². The summed E-state index contributed by atoms with van der Waals surface area (Å²) in [5.41, 5.74) is 1.88. The molecule has 0 radical (unpaired) electrons. The Balaban J connectivity index is 2.12. The lowest BCUT2D eigenvalue weighted by atomic mass is 10.2. The molecule has 1 heterocycles. The van der Waals surface area contributed by atoms with Gasteiger partial charge in [-0.15, -0.1) is 6.58 Å². The zero-order valence-electron chi connectivity index (χ0n) is 10.3. The van der Waals surface area contributed by atoms with Crippen LogP contribution in [0.2, 0.25) is 0 Å². The van der Waals surface area contributed by atoms with E-state index in [2.05, 4.69) is 16.5 Å². The number of nitrogens with zero attached hydrogens (tertiary/aromatic N) is 2. The maximum atomic E-state index is 9.69. The first-order chi connectivity index (χ1) is 8.26. The van der Waals surface area contributed by atoms with E-state index < -0.39 is 6.10 Å². The Kier molecular flexibility index (Phi) is 3.79. The lowest BCUT2D eigenvalue weighted by Crippen LogP contribution is -2.25. The minimum absolute atomic E-state index is 0.446. The number of aliphatic hydroxyl groups excluding tert-OH is 1. The van der Waals surface area contributed by atoms with Crippen molar-refractivity contribution < 1.29 is 5.11 Å². The van der Waals surface area contributed by atoms with Gasteiger partial charge < -0.3 is 10.0 Å². The molecule has 2 rings (SSSR count). The third kappa shape index (κ3) is 2.86. The molecule has 3 heteroatoms. The molecule has 17 heavy (non-hydrogen) atoms. The van der Waals surface area contributed by atoms with Crippen LogP contribution in [0.4, 0.5) is 5.69 Å². The quantitative estimate of drug-likeness (QED) is 0.766. The Morgan fingerprint density at radius 2 is 2.35 bits per heavy atom. The number of aromatic nitrogens is 1. The van der Waals surface area contributed by atoms with Crippen molar-refractivity contribution >= 4 is 5.69 Å². The van der Waals surface area contributed by atoms with Crippen LogP contribution in [0, 0.1) is 0 Å². The molecule has 1 fully saturated rings. The maximum absolute atomic E-state index is 9.69. The zero-order chi connectivity index (χ0) is 12.3. The first-order valence-electron chi connectivity index (χ1n) is 6.27. The summed E-state index contributed by atoms with van der Waals surface area (Å²) in [6, 6.07) is 4.61. The molecule has 1 aliphatic rings. The molecule has 0 amide bonds. The lowest BCUT2D eigenvalue weighted by Gasteiger charge is -2.23. The molecule has 0 aliphatic heterocycles. The molecule has 1 aliphatic carbocycles. The summed E-state index contributed by atoms with van der Waals surface area (Å²) in [7, 11) is 0. The SMILES string of the molecule is C=CCN(c1ccc([C@H](O)CC)nc1)C1CC1. The van der Waals surface area contributed by atoms with Crippen LogP contribution in [-0.2, 0) is 0 Å². The zero-order valence-corrected chi connectivity index (χ0v) is 10.3. The van der Waals surface area contributed by atoms with Crippen LogP contribution in [0.15, 0.2) is 31.0 Å². The molecule has 1 saturated carbocycles. The van der Waals surface area contributed by atoms with Gasteiger partial charge in [-0.2, -0.15) is 0 Å². The number of rotatable bonds is 6. The van der Waals surface area contributed by atoms with E-state index in [9.17, 15) is 5.11 Å². The van der Waals surface area contributed by atoms with E-state index in [4.69, 9.17) is 0 Å². The highest BCUT2D eigenvalue weighted by Crippen LogP contribution is 2.31. The van der Waals surface area contributed by atoms with Crippen molar-refractivity contribution in [1.82, 2.24) is 4.98 Å². The van der Waals surface area contributed by atoms with Crippen molar-refractivity contribution in [2.24, 2.45) is 0 Å². The Morgan fingerprint density at radius 1 is 1.59 bits per heavy atom. The van der Waals surface area contributed by atoms with Gasteiger partial charge in [0.1, 0.15) is 0 Å². The molecule has 0 saturated heterocycles. The minimum atomic E-state index is -0.446. The smallest absolute Gasteiger partial charge is 0.0957 e. The van der Waals surface area contributed by atoms with Gasteiger partial charge in [-0.05, 0) is 31.4 Å². The van der Waals surface area contributed by atoms with E-state index in [1.807, 2.05) is 31.3 Å². The van der Waals surface area contributed by atoms with Gasteiger partial charge in [-0.25, -0.2) is 0 Å². The van der Waals surface area contributed by atoms with Crippen molar-refractivity contribution in [1.29, 1.82) is 0 Å². The molecule has 0 aromatic carbocycles. The molecule has 1 aromatic heterocycles. The van der Waals surface area contributed by atoms with Gasteiger partial charge in [0.25, 0.3) is 0 Å². The van der Waals surface area contributed by atoms with Crippen LogP contribution in [0.3, 0.4) is 0 Å². The van der Waals surface area contributed by atoms with Crippen LogP contribution in [0.1, 0.15) is 38.0 Å². The first kappa shape index (κ1) is 12.1. The van der Waals surface area contributed by atoms with Crippen LogP contribution >= 0.6 is 0 Å². The van der Waals surface area contributed by atoms with Gasteiger partial charge in [0, 0.05) is 12.6 Å². The molecular weight excluding hydrogens is 212 g/mol. The summed E-state index contributed by atoms with van der Waals surface area (Å²) in [5, 5.41) is 9.69. The summed E-state index contributed by atoms with van der Waals surface area (Å²) in [6.45, 7) is 6.61. The van der Waals surface area contributed by atoms with Gasteiger partial charge in [0.15, 0.2) is 0 Å². The van der Waals surface area contributed by atoms with E-state index in [1.54, 1.807) is 0 Å². The van der Waals surface area contributed by atoms with Gasteiger partial charge in [-0.3, -0.25) is 4.98 Å². The van der Waals surface area contributed by atoms with Crippen LogP contribution in [0.25, 0.3) is 0 Å². The Morgan fingerprint density at radius 3 is 2.82 bits per heavy atom. The van der Waals surface area contributed by atoms with Crippen molar-refractivity contribution in [2.75, 3.05) is 11.4 Å². The third-order valence-electron chi connectivity index (χ3n) is 3.14. The lowest BCUT2D eigenvalue weighted by molar-refractivity contribution is 0.169. The van der Waals surface area contributed by atoms with Crippen LogP contribution in [-0.4, -0.2) is 22.7 Å². The van der Waals surface area contributed by atoms with E-state index in [0.29, 0.717) is 12.5 Å². The molecule has 1 N–H and O–H groups in total. The van der Waals surface area contributed by atoms with E-state index in [-0.39, 0.29) is 0 Å². The molecule has 92 valence electrons. The highest BCUT2D eigenvalue weighted by molar-refractivity contribution is 5.47. The fourth-order valence-corrected chi connectivity index (χ4v) is 1.96. The fourth-order valence-electron chi connectivity index (χ4n) is 1.96. The van der Waals surface area contributed by atoms with E-state index >= 15 is 0 Å². The Hall–Kier alpha value is -1.35. The minimum Gasteiger partial charge on any atom is -0.387 e. The number of aliphatic hydroxyl groups is 1. The van der Waals surface area contributed by atoms with Crippen LogP contribution < -0.4 is 4.90 Å². The van der Waals surface area contributed by atoms with Crippen molar-refractivity contribution in [3.8, 4) is 0 Å². The molecule has 1 aromatic rings. The number of hydrogen-bond acceptors (Lipinski definition) is 3. The normalized spacial score (nSPS) is 16.6. The molecule has 3 nitrogen and oxygen atoms in total. The highest BCUT2D eigenvalue weighted by atomic mass is 16.3. The second kappa shape index (κ2) is 5.32. The highest BCUT2D eigenvalue weighted by Gasteiger charge is 2.28. The molecule has 0 unspecified atom stereocenters. The molecule has 0 bridgehead atoms. The summed E-state index contributed by atoms with van der Waals surface area (Å²) in [6.07, 6.45) is 6.55. The molecule has 1 atom stereocenters. The standard InChI is InChI=1S/C14H20N2O/c1-3-9-16(11-5-6-11)12-7-8-13(15-10-12)14(17)4-2/h3,7-8,10-11,14,17H,1,4-6,9H2,2H3/t14-/m1/s1. The summed E-state index contributed by atoms with van der Waals surface area (Å²) in [4.78, 5) is 6.66. The molecular formula is C14H20N2O. The topological polar surface area (TPSA) is 36.4 Å². The van der Waals surface area contributed by atoms with Gasteiger partial charge in [0.2, 0.25) is 0 Å². The summed E-state index contributed by atoms with van der Waals surface area (Å²) >= 11 is 0. The summed E-state index contributed by atoms with van der Waals surface area (Å²) in [5.74, 6) is 0. The Labute approximate surface area is 103 Å².